The fourth-order valence-corrected chi connectivity index (χ4v) is 2.13. The number of nitrogens with zero attached hydrogens (tertiary/aromatic N) is 1. The minimum atomic E-state index is -2.61. The van der Waals surface area contributed by atoms with Crippen LogP contribution in [-0.4, -0.2) is 25.3 Å². The number of rotatable bonds is 5. The van der Waals surface area contributed by atoms with E-state index in [1.54, 1.807) is 0 Å². The van der Waals surface area contributed by atoms with Gasteiger partial charge in [-0.05, 0) is 18.9 Å². The van der Waals surface area contributed by atoms with Crippen LogP contribution in [0.3, 0.4) is 0 Å². The summed E-state index contributed by atoms with van der Waals surface area (Å²) in [6.07, 6.45) is 5.81. The van der Waals surface area contributed by atoms with Gasteiger partial charge in [0.1, 0.15) is 0 Å². The molecule has 16 heavy (non-hydrogen) atoms. The van der Waals surface area contributed by atoms with E-state index in [0.717, 1.165) is 5.56 Å². The van der Waals surface area contributed by atoms with Crippen molar-refractivity contribution in [3.8, 4) is 12.3 Å². The van der Waals surface area contributed by atoms with Gasteiger partial charge in [-0.2, -0.15) is 4.31 Å². The van der Waals surface area contributed by atoms with Crippen LogP contribution in [0.15, 0.2) is 30.3 Å². The first kappa shape index (κ1) is 12.8. The predicted molar refractivity (Wildman–Crippen MR) is 65.5 cm³/mol. The Hall–Kier alpha value is -1.31. The van der Waals surface area contributed by atoms with Gasteiger partial charge in [-0.15, -0.1) is 6.42 Å². The first-order valence-electron chi connectivity index (χ1n) is 5.03. The second-order valence-electron chi connectivity index (χ2n) is 3.58. The monoisotopic (exact) mass is 237 g/mol. The van der Waals surface area contributed by atoms with Gasteiger partial charge in [-0.1, -0.05) is 36.3 Å². The zero-order valence-electron chi connectivity index (χ0n) is 9.17. The molecular weight excluding hydrogens is 222 g/mol. The molecule has 0 fully saturated rings. The molecule has 86 valence electrons. The molecule has 0 saturated carbocycles. The molecule has 0 amide bonds. The Morgan fingerprint density at radius 3 is 2.50 bits per heavy atom. The van der Waals surface area contributed by atoms with E-state index in [0.29, 0.717) is 6.42 Å². The van der Waals surface area contributed by atoms with Crippen molar-refractivity contribution in [3.63, 3.8) is 0 Å². The molecule has 1 aromatic carbocycles. The Kier molecular flexibility index (Phi) is 5.03. The van der Waals surface area contributed by atoms with Crippen LogP contribution >= 0.6 is 0 Å². The summed E-state index contributed by atoms with van der Waals surface area (Å²) in [4.78, 5) is 0. The average molecular weight is 237 g/mol. The van der Waals surface area contributed by atoms with E-state index in [2.05, 4.69) is 5.92 Å². The van der Waals surface area contributed by atoms with Crippen LogP contribution in [0.4, 0.5) is 0 Å². The quantitative estimate of drug-likeness (QED) is 0.614. The van der Waals surface area contributed by atoms with Crippen molar-refractivity contribution in [2.24, 2.45) is 0 Å². The molecule has 0 aliphatic carbocycles. The lowest BCUT2D eigenvalue weighted by Gasteiger charge is -2.20. The summed E-state index contributed by atoms with van der Waals surface area (Å²) in [5, 5.41) is 0. The van der Waals surface area contributed by atoms with E-state index in [1.165, 1.54) is 4.31 Å². The van der Waals surface area contributed by atoms with Gasteiger partial charge < -0.3 is 0 Å². The molecule has 0 aliphatic heterocycles. The van der Waals surface area contributed by atoms with Gasteiger partial charge in [0.2, 0.25) is 10.9 Å². The maximum absolute atomic E-state index is 11.0. The smallest absolute Gasteiger partial charge is 0.205 e. The average Bonchev–Trinajstić information content (AvgIpc) is 2.26. The lowest BCUT2D eigenvalue weighted by atomic mass is 10.1. The summed E-state index contributed by atoms with van der Waals surface area (Å²) in [5.41, 5.74) is 1.11. The van der Waals surface area contributed by atoms with E-state index < -0.39 is 10.9 Å². The van der Waals surface area contributed by atoms with E-state index in [-0.39, 0.29) is 12.6 Å². The van der Waals surface area contributed by atoms with Crippen LogP contribution in [0.25, 0.3) is 0 Å². The minimum absolute atomic E-state index is 0.112. The molecule has 1 rings (SSSR count). The Labute approximate surface area is 98.2 Å². The van der Waals surface area contributed by atoms with Crippen molar-refractivity contribution in [3.05, 3.63) is 35.9 Å². The topological polar surface area (TPSA) is 37.4 Å². The van der Waals surface area contributed by atoms with Crippen molar-refractivity contribution in [2.45, 2.75) is 19.4 Å². The fourth-order valence-electron chi connectivity index (χ4n) is 1.53. The molecule has 3 nitrogen and oxygen atoms in total. The fraction of sp³-hybridized carbons (Fsp3) is 0.333. The van der Waals surface area contributed by atoms with Crippen LogP contribution < -0.4 is 0 Å². The first-order chi connectivity index (χ1) is 7.65. The molecule has 4 heteroatoms. The Bertz CT molecular complexity index is 426. The molecule has 0 aliphatic rings. The molecule has 0 bridgehead atoms. The number of terminal acetylenes is 1. The highest BCUT2D eigenvalue weighted by Crippen LogP contribution is 2.08. The molecule has 0 N–H and O–H groups in total. The van der Waals surface area contributed by atoms with Crippen LogP contribution in [0.1, 0.15) is 12.5 Å². The van der Waals surface area contributed by atoms with Gasteiger partial charge in [0.05, 0.1) is 6.54 Å². The van der Waals surface area contributed by atoms with E-state index in [9.17, 15) is 8.42 Å². The Balaban J connectivity index is 2.70. The van der Waals surface area contributed by atoms with E-state index in [4.69, 9.17) is 6.42 Å². The molecule has 0 aromatic heterocycles. The molecule has 1 atom stereocenters. The third kappa shape index (κ3) is 3.69. The molecule has 0 heterocycles. The summed E-state index contributed by atoms with van der Waals surface area (Å²) in [7, 11) is -2.61. The number of hydrogen-bond acceptors (Lipinski definition) is 2. The summed E-state index contributed by atoms with van der Waals surface area (Å²) in [6, 6.07) is 9.64. The van der Waals surface area contributed by atoms with Gasteiger partial charge in [0, 0.05) is 6.04 Å². The van der Waals surface area contributed by atoms with Gasteiger partial charge >= 0.3 is 0 Å². The number of hydrogen-bond donors (Lipinski definition) is 1. The van der Waals surface area contributed by atoms with E-state index in [1.807, 2.05) is 37.3 Å². The lowest BCUT2D eigenvalue weighted by Crippen LogP contribution is -2.33. The zero-order valence-corrected chi connectivity index (χ0v) is 10.1. The second kappa shape index (κ2) is 6.31. The van der Waals surface area contributed by atoms with Gasteiger partial charge in [-0.25, -0.2) is 8.42 Å². The van der Waals surface area contributed by atoms with Crippen molar-refractivity contribution < 1.29 is 8.42 Å². The summed E-state index contributed by atoms with van der Waals surface area (Å²) < 4.78 is 23.3. The van der Waals surface area contributed by atoms with Crippen molar-refractivity contribution >= 4 is 10.9 Å². The van der Waals surface area contributed by atoms with Gasteiger partial charge in [0.25, 0.3) is 0 Å². The van der Waals surface area contributed by atoms with Crippen LogP contribution in [0.5, 0.6) is 0 Å². The van der Waals surface area contributed by atoms with Crippen LogP contribution in [0.2, 0.25) is 0 Å². The Morgan fingerprint density at radius 1 is 1.38 bits per heavy atom. The number of thiol groups is 1. The molecule has 0 radical (unpaired) electrons. The van der Waals surface area contributed by atoms with Gasteiger partial charge in [-0.3, -0.25) is 0 Å². The summed E-state index contributed by atoms with van der Waals surface area (Å²) in [5.74, 6) is 2.36. The maximum atomic E-state index is 11.0. The molecule has 0 spiro atoms. The molecular formula is C12H15NO2S. The highest BCUT2D eigenvalue weighted by molar-refractivity contribution is 7.69. The maximum Gasteiger partial charge on any atom is 0.205 e. The highest BCUT2D eigenvalue weighted by atomic mass is 32.2. The zero-order chi connectivity index (χ0) is 12.0. The van der Waals surface area contributed by atoms with Crippen molar-refractivity contribution in [1.29, 1.82) is 0 Å². The largest absolute Gasteiger partial charge is 0.215 e. The highest BCUT2D eigenvalue weighted by Gasteiger charge is 2.15. The van der Waals surface area contributed by atoms with Gasteiger partial charge in [0.15, 0.2) is 0 Å². The molecule has 0 unspecified atom stereocenters. The van der Waals surface area contributed by atoms with Crippen LogP contribution in [-0.2, 0) is 17.3 Å². The Morgan fingerprint density at radius 2 is 2.00 bits per heavy atom. The SMILES string of the molecule is C#CCN([C@H](C)Cc1ccccc1)[SH](=O)=O. The standard InChI is InChI=1S/C12H15NO2S/c1-3-9-13(16(14)15)11(2)10-12-7-5-4-6-8-12/h1,4-8,11,16H,9-10H2,2H3/t11-/m1/s1. The van der Waals surface area contributed by atoms with Crippen LogP contribution in [0, 0.1) is 12.3 Å². The van der Waals surface area contributed by atoms with E-state index >= 15 is 0 Å². The predicted octanol–water partition coefficient (Wildman–Crippen LogP) is 1.08. The minimum Gasteiger partial charge on any atom is -0.215 e. The summed E-state index contributed by atoms with van der Waals surface area (Å²) in [6.45, 7) is 1.99. The van der Waals surface area contributed by atoms with Crippen molar-refractivity contribution in [1.82, 2.24) is 4.31 Å². The second-order valence-corrected chi connectivity index (χ2v) is 4.57. The van der Waals surface area contributed by atoms with Crippen molar-refractivity contribution in [2.75, 3.05) is 6.54 Å². The first-order valence-corrected chi connectivity index (χ1v) is 6.16. The molecule has 0 saturated heterocycles. The normalized spacial score (nSPS) is 12.6. The number of benzene rings is 1. The summed E-state index contributed by atoms with van der Waals surface area (Å²) >= 11 is 0. The third-order valence-electron chi connectivity index (χ3n) is 2.35. The lowest BCUT2D eigenvalue weighted by molar-refractivity contribution is 0.376. The molecule has 1 aromatic rings. The third-order valence-corrected chi connectivity index (χ3v) is 3.30.